The summed E-state index contributed by atoms with van der Waals surface area (Å²) < 4.78 is 5.37. The third-order valence-electron chi connectivity index (χ3n) is 5.45. The normalized spacial score (nSPS) is 20.8. The Balaban J connectivity index is 1.55. The van der Waals surface area contributed by atoms with E-state index < -0.39 is 0 Å². The third kappa shape index (κ3) is 4.53. The molecule has 136 valence electrons. The van der Waals surface area contributed by atoms with Gasteiger partial charge in [-0.1, -0.05) is 19.9 Å². The first-order chi connectivity index (χ1) is 11.8. The highest BCUT2D eigenvalue weighted by molar-refractivity contribution is 5.95. The van der Waals surface area contributed by atoms with Crippen LogP contribution < -0.4 is 15.4 Å². The van der Waals surface area contributed by atoms with Gasteiger partial charge in [-0.2, -0.15) is 0 Å². The average Bonchev–Trinajstić information content (AvgIpc) is 2.56. The maximum absolute atomic E-state index is 12.4. The van der Waals surface area contributed by atoms with Crippen LogP contribution in [0.5, 0.6) is 5.75 Å². The summed E-state index contributed by atoms with van der Waals surface area (Å²) in [5.74, 6) is 1.12. The zero-order valence-corrected chi connectivity index (χ0v) is 15.4. The highest BCUT2D eigenvalue weighted by Gasteiger charge is 2.28. The quantitative estimate of drug-likeness (QED) is 0.873. The zero-order chi connectivity index (χ0) is 18.0. The second-order valence-corrected chi connectivity index (χ2v) is 8.19. The summed E-state index contributed by atoms with van der Waals surface area (Å²) in [6.07, 6.45) is 5.27. The topological polar surface area (TPSA) is 67.4 Å². The van der Waals surface area contributed by atoms with E-state index in [9.17, 15) is 9.59 Å². The van der Waals surface area contributed by atoms with Crippen LogP contribution in [0.15, 0.2) is 18.2 Å². The number of fused-ring (bicyclic) bond motifs is 1. The van der Waals surface area contributed by atoms with Crippen molar-refractivity contribution in [1.82, 2.24) is 5.32 Å². The first-order valence-electron chi connectivity index (χ1n) is 9.18. The number of carbonyl (C=O) groups excluding carboxylic acids is 2. The van der Waals surface area contributed by atoms with Crippen LogP contribution in [0.4, 0.5) is 5.69 Å². The Hall–Kier alpha value is -2.04. The van der Waals surface area contributed by atoms with E-state index in [0.29, 0.717) is 29.2 Å². The number of ether oxygens (including phenoxy) is 1. The van der Waals surface area contributed by atoms with Crippen molar-refractivity contribution in [3.05, 3.63) is 23.8 Å². The third-order valence-corrected chi connectivity index (χ3v) is 5.45. The number of rotatable bonds is 4. The van der Waals surface area contributed by atoms with Crippen molar-refractivity contribution in [1.29, 1.82) is 0 Å². The summed E-state index contributed by atoms with van der Waals surface area (Å²) >= 11 is 0. The molecule has 0 radical (unpaired) electrons. The molecule has 5 nitrogen and oxygen atoms in total. The summed E-state index contributed by atoms with van der Waals surface area (Å²) in [6.45, 7) is 6.64. The molecule has 0 bridgehead atoms. The second-order valence-electron chi connectivity index (χ2n) is 8.19. The molecular formula is C20H28N2O3. The van der Waals surface area contributed by atoms with Gasteiger partial charge in [0.15, 0.2) is 6.61 Å². The van der Waals surface area contributed by atoms with Crippen LogP contribution in [0.1, 0.15) is 64.5 Å². The molecule has 1 aliphatic heterocycles. The molecule has 2 amide bonds. The van der Waals surface area contributed by atoms with E-state index in [1.54, 1.807) is 0 Å². The highest BCUT2D eigenvalue weighted by atomic mass is 16.5. The van der Waals surface area contributed by atoms with E-state index in [2.05, 4.69) is 24.5 Å². The molecule has 1 saturated carbocycles. The zero-order valence-electron chi connectivity index (χ0n) is 15.4. The minimum atomic E-state index is -0.151. The van der Waals surface area contributed by atoms with Crippen LogP contribution >= 0.6 is 0 Å². The van der Waals surface area contributed by atoms with Gasteiger partial charge in [-0.25, -0.2) is 0 Å². The lowest BCUT2D eigenvalue weighted by Gasteiger charge is -2.34. The summed E-state index contributed by atoms with van der Waals surface area (Å²) in [5, 5.41) is 5.89. The summed E-state index contributed by atoms with van der Waals surface area (Å²) in [6, 6.07) is 5.55. The Morgan fingerprint density at radius 2 is 2.08 bits per heavy atom. The highest BCUT2D eigenvalue weighted by Crippen LogP contribution is 2.39. The average molecular weight is 344 g/mol. The molecule has 1 aromatic rings. The molecule has 1 aromatic carbocycles. The number of hydrogen-bond donors (Lipinski definition) is 2. The van der Waals surface area contributed by atoms with Crippen molar-refractivity contribution in [2.24, 2.45) is 11.3 Å². The maximum Gasteiger partial charge on any atom is 0.262 e. The second kappa shape index (κ2) is 7.06. The molecular weight excluding hydrogens is 316 g/mol. The van der Waals surface area contributed by atoms with Crippen LogP contribution in [0.3, 0.4) is 0 Å². The van der Waals surface area contributed by atoms with Crippen LogP contribution in [0.25, 0.3) is 0 Å². The molecule has 1 unspecified atom stereocenters. The molecule has 3 rings (SSSR count). The van der Waals surface area contributed by atoms with Crippen molar-refractivity contribution in [3.63, 3.8) is 0 Å². The Labute approximate surface area is 149 Å². The van der Waals surface area contributed by atoms with Gasteiger partial charge in [0.1, 0.15) is 5.75 Å². The van der Waals surface area contributed by atoms with E-state index in [-0.39, 0.29) is 24.5 Å². The monoisotopic (exact) mass is 344 g/mol. The Bertz CT molecular complexity index is 659. The first kappa shape index (κ1) is 17.8. The molecule has 25 heavy (non-hydrogen) atoms. The van der Waals surface area contributed by atoms with Crippen LogP contribution in [-0.4, -0.2) is 18.4 Å². The van der Waals surface area contributed by atoms with Gasteiger partial charge in [-0.15, -0.1) is 0 Å². The van der Waals surface area contributed by atoms with Gasteiger partial charge >= 0.3 is 0 Å². The predicted octanol–water partition coefficient (Wildman–Crippen LogP) is 3.80. The summed E-state index contributed by atoms with van der Waals surface area (Å²) in [7, 11) is 0. The fourth-order valence-electron chi connectivity index (χ4n) is 3.68. The first-order valence-corrected chi connectivity index (χ1v) is 9.18. The van der Waals surface area contributed by atoms with Gasteiger partial charge in [0.2, 0.25) is 5.91 Å². The van der Waals surface area contributed by atoms with Crippen LogP contribution in [0, 0.1) is 11.3 Å². The Morgan fingerprint density at radius 3 is 2.80 bits per heavy atom. The van der Waals surface area contributed by atoms with E-state index >= 15 is 0 Å². The molecule has 0 spiro atoms. The van der Waals surface area contributed by atoms with Crippen molar-refractivity contribution >= 4 is 17.5 Å². The van der Waals surface area contributed by atoms with Crippen molar-refractivity contribution in [2.75, 3.05) is 11.9 Å². The molecule has 2 N–H and O–H groups in total. The minimum absolute atomic E-state index is 0.0524. The standard InChI is InChI=1S/C20H28N2O3/c1-13(15-4-5-17-16(11-15)22-19(24)12-25-17)21-18(23)10-14-6-8-20(2,3)9-7-14/h4-5,11,13-14H,6-10,12H2,1-3H3,(H,21,23)(H,22,24). The molecule has 1 fully saturated rings. The number of hydrogen-bond acceptors (Lipinski definition) is 3. The molecule has 1 atom stereocenters. The molecule has 0 aromatic heterocycles. The van der Waals surface area contributed by atoms with E-state index in [1.165, 1.54) is 12.8 Å². The molecule has 0 saturated heterocycles. The van der Waals surface area contributed by atoms with E-state index in [0.717, 1.165) is 18.4 Å². The van der Waals surface area contributed by atoms with E-state index in [1.807, 2.05) is 25.1 Å². The van der Waals surface area contributed by atoms with Crippen molar-refractivity contribution in [2.45, 2.75) is 58.9 Å². The Morgan fingerprint density at radius 1 is 1.36 bits per heavy atom. The predicted molar refractivity (Wildman–Crippen MR) is 97.5 cm³/mol. The fourth-order valence-corrected chi connectivity index (χ4v) is 3.68. The van der Waals surface area contributed by atoms with Gasteiger partial charge in [-0.05, 0) is 61.6 Å². The van der Waals surface area contributed by atoms with Gasteiger partial charge in [-0.3, -0.25) is 9.59 Å². The molecule has 5 heteroatoms. The number of carbonyl (C=O) groups is 2. The number of amides is 2. The number of benzene rings is 1. The molecule has 1 heterocycles. The smallest absolute Gasteiger partial charge is 0.262 e. The van der Waals surface area contributed by atoms with Crippen molar-refractivity contribution in [3.8, 4) is 5.75 Å². The van der Waals surface area contributed by atoms with Gasteiger partial charge in [0.25, 0.3) is 5.91 Å². The van der Waals surface area contributed by atoms with Gasteiger partial charge in [0.05, 0.1) is 11.7 Å². The van der Waals surface area contributed by atoms with Crippen LogP contribution in [0.2, 0.25) is 0 Å². The Kier molecular flexibility index (Phi) is 5.02. The fraction of sp³-hybridized carbons (Fsp3) is 0.600. The summed E-state index contributed by atoms with van der Waals surface area (Å²) in [5.41, 5.74) is 2.06. The lowest BCUT2D eigenvalue weighted by molar-refractivity contribution is -0.123. The van der Waals surface area contributed by atoms with Gasteiger partial charge in [0, 0.05) is 6.42 Å². The number of nitrogens with one attached hydrogen (secondary N) is 2. The largest absolute Gasteiger partial charge is 0.482 e. The molecule has 1 aliphatic carbocycles. The van der Waals surface area contributed by atoms with E-state index in [4.69, 9.17) is 4.74 Å². The lowest BCUT2D eigenvalue weighted by atomic mass is 9.72. The van der Waals surface area contributed by atoms with Crippen LogP contribution in [-0.2, 0) is 9.59 Å². The van der Waals surface area contributed by atoms with Gasteiger partial charge < -0.3 is 15.4 Å². The summed E-state index contributed by atoms with van der Waals surface area (Å²) in [4.78, 5) is 23.8. The minimum Gasteiger partial charge on any atom is -0.482 e. The molecule has 2 aliphatic rings. The van der Waals surface area contributed by atoms with Crippen molar-refractivity contribution < 1.29 is 14.3 Å². The maximum atomic E-state index is 12.4. The number of anilines is 1. The lowest BCUT2D eigenvalue weighted by Crippen LogP contribution is -2.31. The SMILES string of the molecule is CC(NC(=O)CC1CCC(C)(C)CC1)c1ccc2c(c1)NC(=O)CO2.